The number of carbonyl (C=O) groups excluding carboxylic acids is 1. The first kappa shape index (κ1) is 13.7. The molecule has 2 N–H and O–H groups in total. The predicted octanol–water partition coefficient (Wildman–Crippen LogP) is 1.59. The van der Waals surface area contributed by atoms with Gasteiger partial charge in [-0.25, -0.2) is 0 Å². The van der Waals surface area contributed by atoms with Gasteiger partial charge in [0.15, 0.2) is 0 Å². The van der Waals surface area contributed by atoms with Crippen LogP contribution in [-0.4, -0.2) is 24.2 Å². The summed E-state index contributed by atoms with van der Waals surface area (Å²) in [4.78, 5) is 11.6. The average molecular weight is 235 g/mol. The van der Waals surface area contributed by atoms with E-state index >= 15 is 0 Å². The Morgan fingerprint density at radius 1 is 1.35 bits per heavy atom. The smallest absolute Gasteiger partial charge is 0.224 e. The second-order valence-corrected chi connectivity index (χ2v) is 4.69. The monoisotopic (exact) mass is 235 g/mol. The quantitative estimate of drug-likeness (QED) is 0.814. The fourth-order valence-corrected chi connectivity index (χ4v) is 1.51. The van der Waals surface area contributed by atoms with Gasteiger partial charge in [0.1, 0.15) is 0 Å². The topological polar surface area (TPSA) is 49.3 Å². The number of hydrogen-bond acceptors (Lipinski definition) is 2. The van der Waals surface area contributed by atoms with Gasteiger partial charge in [0.25, 0.3) is 0 Å². The average Bonchev–Trinajstić information content (AvgIpc) is 2.31. The minimum Gasteiger partial charge on any atom is -0.396 e. The molecule has 1 rings (SSSR count). The number of amides is 1. The molecule has 1 aromatic rings. The molecular formula is C14H21NO2. The van der Waals surface area contributed by atoms with Crippen LogP contribution in [0.4, 0.5) is 0 Å². The van der Waals surface area contributed by atoms with Gasteiger partial charge in [0, 0.05) is 13.2 Å². The highest BCUT2D eigenvalue weighted by molar-refractivity contribution is 5.78. The van der Waals surface area contributed by atoms with E-state index in [2.05, 4.69) is 12.2 Å². The van der Waals surface area contributed by atoms with E-state index < -0.39 is 0 Å². The molecule has 0 spiro atoms. The highest BCUT2D eigenvalue weighted by Crippen LogP contribution is 2.10. The number of carbonyl (C=O) groups is 1. The van der Waals surface area contributed by atoms with Crippen LogP contribution in [0.2, 0.25) is 0 Å². The van der Waals surface area contributed by atoms with Crippen LogP contribution in [0.5, 0.6) is 0 Å². The molecule has 0 saturated carbocycles. The molecule has 0 aliphatic carbocycles. The normalized spacial score (nSPS) is 12.2. The molecule has 94 valence electrons. The van der Waals surface area contributed by atoms with Gasteiger partial charge in [0.2, 0.25) is 5.91 Å². The standard InChI is InChI=1S/C14H21NO2/c1-10(9-16)8-15-14(17)7-13-5-4-11(2)12(3)6-13/h4-6,10,16H,7-9H2,1-3H3,(H,15,17). The lowest BCUT2D eigenvalue weighted by atomic mass is 10.0. The van der Waals surface area contributed by atoms with Crippen molar-refractivity contribution in [2.75, 3.05) is 13.2 Å². The lowest BCUT2D eigenvalue weighted by Crippen LogP contribution is -2.30. The fourth-order valence-electron chi connectivity index (χ4n) is 1.51. The highest BCUT2D eigenvalue weighted by atomic mass is 16.3. The third-order valence-electron chi connectivity index (χ3n) is 2.90. The summed E-state index contributed by atoms with van der Waals surface area (Å²) in [5.41, 5.74) is 3.48. The summed E-state index contributed by atoms with van der Waals surface area (Å²) in [7, 11) is 0. The minimum atomic E-state index is 0.00792. The largest absolute Gasteiger partial charge is 0.396 e. The van der Waals surface area contributed by atoms with Gasteiger partial charge in [-0.05, 0) is 36.5 Å². The molecule has 1 unspecified atom stereocenters. The molecule has 0 aromatic heterocycles. The van der Waals surface area contributed by atoms with Gasteiger partial charge in [-0.15, -0.1) is 0 Å². The molecule has 1 amide bonds. The summed E-state index contributed by atoms with van der Waals surface area (Å²) in [6.07, 6.45) is 0.402. The second kappa shape index (κ2) is 6.40. The van der Waals surface area contributed by atoms with Gasteiger partial charge in [-0.3, -0.25) is 4.79 Å². The van der Waals surface area contributed by atoms with E-state index in [9.17, 15) is 4.79 Å². The number of aliphatic hydroxyl groups is 1. The summed E-state index contributed by atoms with van der Waals surface area (Å²) in [6, 6.07) is 6.07. The molecule has 0 radical (unpaired) electrons. The molecule has 0 bridgehead atoms. The zero-order valence-electron chi connectivity index (χ0n) is 10.8. The third-order valence-corrected chi connectivity index (χ3v) is 2.90. The molecule has 3 nitrogen and oxygen atoms in total. The van der Waals surface area contributed by atoms with Crippen LogP contribution < -0.4 is 5.32 Å². The Morgan fingerprint density at radius 2 is 2.06 bits per heavy atom. The van der Waals surface area contributed by atoms with Crippen LogP contribution in [0, 0.1) is 19.8 Å². The molecule has 0 heterocycles. The van der Waals surface area contributed by atoms with Crippen molar-refractivity contribution in [1.29, 1.82) is 0 Å². The second-order valence-electron chi connectivity index (χ2n) is 4.69. The van der Waals surface area contributed by atoms with Crippen LogP contribution in [0.1, 0.15) is 23.6 Å². The van der Waals surface area contributed by atoms with Gasteiger partial charge in [-0.2, -0.15) is 0 Å². The molecule has 1 atom stereocenters. The van der Waals surface area contributed by atoms with E-state index in [4.69, 9.17) is 5.11 Å². The van der Waals surface area contributed by atoms with Crippen molar-refractivity contribution in [3.05, 3.63) is 34.9 Å². The first-order valence-corrected chi connectivity index (χ1v) is 5.96. The maximum absolute atomic E-state index is 11.6. The SMILES string of the molecule is Cc1ccc(CC(=O)NCC(C)CO)cc1C. The Morgan fingerprint density at radius 3 is 2.65 bits per heavy atom. The van der Waals surface area contributed by atoms with Crippen molar-refractivity contribution >= 4 is 5.91 Å². The highest BCUT2D eigenvalue weighted by Gasteiger charge is 2.06. The number of aryl methyl sites for hydroxylation is 2. The number of aliphatic hydroxyl groups excluding tert-OH is 1. The van der Waals surface area contributed by atoms with Crippen LogP contribution in [-0.2, 0) is 11.2 Å². The van der Waals surface area contributed by atoms with Crippen LogP contribution in [0.3, 0.4) is 0 Å². The maximum Gasteiger partial charge on any atom is 0.224 e. The Balaban J connectivity index is 2.48. The number of benzene rings is 1. The first-order valence-electron chi connectivity index (χ1n) is 5.96. The predicted molar refractivity (Wildman–Crippen MR) is 68.9 cm³/mol. The molecule has 0 aliphatic heterocycles. The van der Waals surface area contributed by atoms with Gasteiger partial charge < -0.3 is 10.4 Å². The molecule has 17 heavy (non-hydrogen) atoms. The van der Waals surface area contributed by atoms with Crippen molar-refractivity contribution in [1.82, 2.24) is 5.32 Å². The van der Waals surface area contributed by atoms with E-state index in [-0.39, 0.29) is 18.4 Å². The zero-order valence-corrected chi connectivity index (χ0v) is 10.8. The van der Waals surface area contributed by atoms with E-state index in [0.717, 1.165) is 5.56 Å². The van der Waals surface area contributed by atoms with E-state index in [0.29, 0.717) is 13.0 Å². The van der Waals surface area contributed by atoms with Crippen molar-refractivity contribution in [2.45, 2.75) is 27.2 Å². The number of nitrogens with one attached hydrogen (secondary N) is 1. The Bertz CT molecular complexity index is 388. The van der Waals surface area contributed by atoms with Crippen molar-refractivity contribution in [2.24, 2.45) is 5.92 Å². The van der Waals surface area contributed by atoms with E-state index in [1.54, 1.807) is 0 Å². The van der Waals surface area contributed by atoms with Crippen molar-refractivity contribution in [3.63, 3.8) is 0 Å². The minimum absolute atomic E-state index is 0.00792. The lowest BCUT2D eigenvalue weighted by molar-refractivity contribution is -0.120. The maximum atomic E-state index is 11.6. The van der Waals surface area contributed by atoms with Crippen LogP contribution >= 0.6 is 0 Å². The van der Waals surface area contributed by atoms with Crippen molar-refractivity contribution < 1.29 is 9.90 Å². The molecule has 0 saturated heterocycles. The van der Waals surface area contributed by atoms with Gasteiger partial charge >= 0.3 is 0 Å². The van der Waals surface area contributed by atoms with Crippen LogP contribution in [0.15, 0.2) is 18.2 Å². The molecule has 0 aliphatic rings. The third kappa shape index (κ3) is 4.57. The van der Waals surface area contributed by atoms with Crippen LogP contribution in [0.25, 0.3) is 0 Å². The molecule has 0 fully saturated rings. The first-order chi connectivity index (χ1) is 8.02. The number of rotatable bonds is 5. The summed E-state index contributed by atoms with van der Waals surface area (Å²) in [5.74, 6) is 0.118. The lowest BCUT2D eigenvalue weighted by Gasteiger charge is -2.10. The summed E-state index contributed by atoms with van der Waals surface area (Å²) in [6.45, 7) is 6.63. The molecule has 3 heteroatoms. The van der Waals surface area contributed by atoms with Gasteiger partial charge in [0.05, 0.1) is 6.42 Å². The van der Waals surface area contributed by atoms with E-state index in [1.807, 2.05) is 32.0 Å². The fraction of sp³-hybridized carbons (Fsp3) is 0.500. The van der Waals surface area contributed by atoms with Crippen molar-refractivity contribution in [3.8, 4) is 0 Å². The van der Waals surface area contributed by atoms with E-state index in [1.165, 1.54) is 11.1 Å². The zero-order chi connectivity index (χ0) is 12.8. The Kier molecular flexibility index (Phi) is 5.16. The molecular weight excluding hydrogens is 214 g/mol. The summed E-state index contributed by atoms with van der Waals surface area (Å²) >= 11 is 0. The summed E-state index contributed by atoms with van der Waals surface area (Å²) in [5, 5.41) is 11.7. The summed E-state index contributed by atoms with van der Waals surface area (Å²) < 4.78 is 0. The van der Waals surface area contributed by atoms with Gasteiger partial charge in [-0.1, -0.05) is 25.1 Å². The molecule has 1 aromatic carbocycles. The Hall–Kier alpha value is -1.35. The number of hydrogen-bond donors (Lipinski definition) is 2. The Labute approximate surface area is 103 Å².